The molecule has 0 spiro atoms. The van der Waals surface area contributed by atoms with Crippen molar-refractivity contribution < 1.29 is 4.42 Å². The third kappa shape index (κ3) is 2.96. The van der Waals surface area contributed by atoms with Crippen molar-refractivity contribution in [3.8, 4) is 11.1 Å². The number of benzene rings is 4. The molecule has 0 N–H and O–H groups in total. The predicted octanol–water partition coefficient (Wildman–Crippen LogP) is 9.29. The van der Waals surface area contributed by atoms with Gasteiger partial charge in [-0.05, 0) is 71.5 Å². The highest BCUT2D eigenvalue weighted by atomic mass is 16.3. The summed E-state index contributed by atoms with van der Waals surface area (Å²) < 4.78 is 6.32. The maximum atomic E-state index is 6.32. The highest BCUT2D eigenvalue weighted by Gasteiger charge is 2.38. The van der Waals surface area contributed by atoms with Crippen LogP contribution in [-0.2, 0) is 5.41 Å². The number of allylic oxidation sites excluding steroid dienone is 3. The second kappa shape index (κ2) is 7.48. The first-order valence-electron chi connectivity index (χ1n) is 12.4. The van der Waals surface area contributed by atoms with Crippen LogP contribution in [0.25, 0.3) is 33.1 Å². The van der Waals surface area contributed by atoms with Gasteiger partial charge < -0.3 is 9.32 Å². The Morgan fingerprint density at radius 1 is 0.800 bits per heavy atom. The first kappa shape index (κ1) is 20.3. The Bertz CT molecular complexity index is 1670. The first-order chi connectivity index (χ1) is 17.1. The Morgan fingerprint density at radius 3 is 2.51 bits per heavy atom. The summed E-state index contributed by atoms with van der Waals surface area (Å²) in [7, 11) is 0. The summed E-state index contributed by atoms with van der Waals surface area (Å²) in [6, 6.07) is 32.5. The molecule has 0 radical (unpaired) electrons. The number of nitrogens with zero attached hydrogens (tertiary/aromatic N) is 1. The van der Waals surface area contributed by atoms with Crippen LogP contribution in [0.15, 0.2) is 119 Å². The summed E-state index contributed by atoms with van der Waals surface area (Å²) in [5, 5.41) is 2.33. The summed E-state index contributed by atoms with van der Waals surface area (Å²) in [5.41, 5.74) is 10.9. The van der Waals surface area contributed by atoms with Gasteiger partial charge in [-0.1, -0.05) is 80.6 Å². The summed E-state index contributed by atoms with van der Waals surface area (Å²) in [5.74, 6) is 0. The third-order valence-electron chi connectivity index (χ3n) is 7.78. The van der Waals surface area contributed by atoms with Gasteiger partial charge in [-0.3, -0.25) is 0 Å². The Balaban J connectivity index is 1.50. The maximum Gasteiger partial charge on any atom is 0.136 e. The van der Waals surface area contributed by atoms with Crippen LogP contribution in [0.1, 0.15) is 32.3 Å². The van der Waals surface area contributed by atoms with E-state index in [0.717, 1.165) is 29.4 Å². The SMILES string of the molecule is CC1(C)C2=C(C=CCC2)N(c2ccc3oc4cccc(-c5ccccc5)c4c3c2)c2ccccc21. The average Bonchev–Trinajstić information content (AvgIpc) is 3.28. The average molecular weight is 454 g/mol. The van der Waals surface area contributed by atoms with E-state index in [9.17, 15) is 0 Å². The molecule has 5 aromatic rings. The second-order valence-electron chi connectivity index (χ2n) is 10.1. The number of para-hydroxylation sites is 1. The van der Waals surface area contributed by atoms with Crippen molar-refractivity contribution in [2.24, 2.45) is 0 Å². The standard InChI is InChI=1S/C33H27NO/c1-33(2)26-14-6-8-16-28(26)34(29-17-9-7-15-27(29)33)23-19-20-30-25(21-23)32-24(13-10-18-31(32)35-30)22-11-4-3-5-12-22/h3-6,8-14,16-21H,7,15H2,1-2H3. The number of hydrogen-bond acceptors (Lipinski definition) is 2. The molecule has 1 aromatic heterocycles. The Kier molecular flexibility index (Phi) is 4.35. The molecule has 2 heteroatoms. The van der Waals surface area contributed by atoms with Gasteiger partial charge in [0.2, 0.25) is 0 Å². The Morgan fingerprint density at radius 2 is 1.63 bits per heavy atom. The Labute approximate surface area is 205 Å². The van der Waals surface area contributed by atoms with Gasteiger partial charge >= 0.3 is 0 Å². The van der Waals surface area contributed by atoms with Crippen molar-refractivity contribution in [3.05, 3.63) is 120 Å². The van der Waals surface area contributed by atoms with Gasteiger partial charge in [-0.15, -0.1) is 0 Å². The van der Waals surface area contributed by atoms with Gasteiger partial charge in [0, 0.05) is 27.6 Å². The molecule has 0 unspecified atom stereocenters. The van der Waals surface area contributed by atoms with Crippen molar-refractivity contribution in [1.29, 1.82) is 0 Å². The lowest BCUT2D eigenvalue weighted by atomic mass is 9.70. The summed E-state index contributed by atoms with van der Waals surface area (Å²) >= 11 is 0. The quantitative estimate of drug-likeness (QED) is 0.265. The molecular formula is C33H27NO. The predicted molar refractivity (Wildman–Crippen MR) is 146 cm³/mol. The number of rotatable bonds is 2. The minimum absolute atomic E-state index is 0.0140. The fourth-order valence-corrected chi connectivity index (χ4v) is 6.07. The van der Waals surface area contributed by atoms with Crippen molar-refractivity contribution in [2.45, 2.75) is 32.1 Å². The minimum Gasteiger partial charge on any atom is -0.456 e. The summed E-state index contributed by atoms with van der Waals surface area (Å²) in [6.07, 6.45) is 6.83. The van der Waals surface area contributed by atoms with Crippen LogP contribution < -0.4 is 4.90 Å². The fourth-order valence-electron chi connectivity index (χ4n) is 6.07. The first-order valence-corrected chi connectivity index (χ1v) is 12.4. The van der Waals surface area contributed by atoms with Crippen LogP contribution in [0, 0.1) is 0 Å². The van der Waals surface area contributed by atoms with Crippen LogP contribution in [0.2, 0.25) is 0 Å². The van der Waals surface area contributed by atoms with Gasteiger partial charge in [-0.2, -0.15) is 0 Å². The fraction of sp³-hybridized carbons (Fsp3) is 0.152. The van der Waals surface area contributed by atoms with E-state index in [1.54, 1.807) is 0 Å². The molecule has 1 aliphatic carbocycles. The van der Waals surface area contributed by atoms with E-state index in [4.69, 9.17) is 4.42 Å². The van der Waals surface area contributed by atoms with Gasteiger partial charge in [0.25, 0.3) is 0 Å². The van der Waals surface area contributed by atoms with E-state index < -0.39 is 0 Å². The summed E-state index contributed by atoms with van der Waals surface area (Å²) in [6.45, 7) is 4.74. The molecule has 7 rings (SSSR count). The molecule has 2 nitrogen and oxygen atoms in total. The molecule has 0 saturated carbocycles. The number of hydrogen-bond donors (Lipinski definition) is 0. The van der Waals surface area contributed by atoms with E-state index in [-0.39, 0.29) is 5.41 Å². The normalized spacial score (nSPS) is 16.6. The zero-order valence-electron chi connectivity index (χ0n) is 20.1. The van der Waals surface area contributed by atoms with Crippen LogP contribution in [0.4, 0.5) is 11.4 Å². The largest absolute Gasteiger partial charge is 0.456 e. The molecule has 2 heterocycles. The molecular weight excluding hydrogens is 426 g/mol. The third-order valence-corrected chi connectivity index (χ3v) is 7.78. The lowest BCUT2D eigenvalue weighted by Crippen LogP contribution is -2.34. The number of furan rings is 1. The molecule has 0 saturated heterocycles. The van der Waals surface area contributed by atoms with E-state index in [2.05, 4.69) is 122 Å². The zero-order valence-corrected chi connectivity index (χ0v) is 20.1. The maximum absolute atomic E-state index is 6.32. The minimum atomic E-state index is 0.0140. The van der Waals surface area contributed by atoms with Gasteiger partial charge in [0.05, 0.1) is 5.69 Å². The van der Waals surface area contributed by atoms with Crippen molar-refractivity contribution in [2.75, 3.05) is 4.90 Å². The van der Waals surface area contributed by atoms with Crippen molar-refractivity contribution in [3.63, 3.8) is 0 Å². The van der Waals surface area contributed by atoms with E-state index >= 15 is 0 Å². The topological polar surface area (TPSA) is 16.4 Å². The van der Waals surface area contributed by atoms with Gasteiger partial charge in [0.1, 0.15) is 11.2 Å². The molecule has 0 amide bonds. The van der Waals surface area contributed by atoms with E-state index in [1.807, 2.05) is 0 Å². The molecule has 170 valence electrons. The molecule has 2 aliphatic rings. The highest BCUT2D eigenvalue weighted by molar-refractivity contribution is 6.13. The number of anilines is 2. The van der Waals surface area contributed by atoms with Crippen LogP contribution >= 0.6 is 0 Å². The molecule has 35 heavy (non-hydrogen) atoms. The van der Waals surface area contributed by atoms with E-state index in [0.29, 0.717) is 0 Å². The molecule has 0 fully saturated rings. The molecule has 0 bridgehead atoms. The highest BCUT2D eigenvalue weighted by Crippen LogP contribution is 2.51. The second-order valence-corrected chi connectivity index (χ2v) is 10.1. The monoisotopic (exact) mass is 453 g/mol. The molecule has 4 aromatic carbocycles. The van der Waals surface area contributed by atoms with Crippen LogP contribution in [0.3, 0.4) is 0 Å². The molecule has 0 atom stereocenters. The Hall–Kier alpha value is -4.04. The van der Waals surface area contributed by atoms with Crippen molar-refractivity contribution >= 4 is 33.3 Å². The lowest BCUT2D eigenvalue weighted by Gasteiger charge is -2.44. The number of fused-ring (bicyclic) bond motifs is 4. The van der Waals surface area contributed by atoms with Crippen LogP contribution in [0.5, 0.6) is 0 Å². The lowest BCUT2D eigenvalue weighted by molar-refractivity contribution is 0.571. The van der Waals surface area contributed by atoms with Gasteiger partial charge in [0.15, 0.2) is 0 Å². The molecule has 1 aliphatic heterocycles. The van der Waals surface area contributed by atoms with Gasteiger partial charge in [-0.25, -0.2) is 0 Å². The van der Waals surface area contributed by atoms with Crippen LogP contribution in [-0.4, -0.2) is 0 Å². The zero-order chi connectivity index (χ0) is 23.6. The smallest absolute Gasteiger partial charge is 0.136 e. The summed E-state index contributed by atoms with van der Waals surface area (Å²) in [4.78, 5) is 2.45. The van der Waals surface area contributed by atoms with E-state index in [1.165, 1.54) is 44.7 Å². The van der Waals surface area contributed by atoms with Crippen molar-refractivity contribution in [1.82, 2.24) is 0 Å².